The molecule has 0 saturated heterocycles. The van der Waals surface area contributed by atoms with Crippen LogP contribution >= 0.6 is 0 Å². The first-order valence-corrected chi connectivity index (χ1v) is 6.08. The average molecular weight is 252 g/mol. The van der Waals surface area contributed by atoms with Crippen LogP contribution in [0.25, 0.3) is 0 Å². The van der Waals surface area contributed by atoms with Crippen LogP contribution in [0.1, 0.15) is 30.9 Å². The second-order valence-corrected chi connectivity index (χ2v) is 4.03. The van der Waals surface area contributed by atoms with Gasteiger partial charge in [0.25, 0.3) is 0 Å². The maximum atomic E-state index is 10.6. The van der Waals surface area contributed by atoms with Gasteiger partial charge in [-0.25, -0.2) is 0 Å². The SMILES string of the molecule is CCc1c(OC)ccc(OC)c1CCCC(=O)O. The fraction of sp³-hybridized carbons (Fsp3) is 0.500. The van der Waals surface area contributed by atoms with Gasteiger partial charge in [-0.05, 0) is 31.4 Å². The Kier molecular flexibility index (Phi) is 5.49. The zero-order valence-electron chi connectivity index (χ0n) is 11.2. The molecule has 0 aliphatic rings. The molecule has 1 N–H and O–H groups in total. The molecule has 1 aromatic carbocycles. The lowest BCUT2D eigenvalue weighted by molar-refractivity contribution is -0.137. The molecule has 0 aliphatic carbocycles. The van der Waals surface area contributed by atoms with E-state index in [4.69, 9.17) is 14.6 Å². The molecule has 0 heterocycles. The summed E-state index contributed by atoms with van der Waals surface area (Å²) in [4.78, 5) is 10.6. The standard InChI is InChI=1S/C14H20O4/c1-4-10-11(6-5-7-14(15)16)13(18-3)9-8-12(10)17-2/h8-9H,4-7H2,1-3H3,(H,15,16). The molecule has 1 rings (SSSR count). The van der Waals surface area contributed by atoms with E-state index in [0.29, 0.717) is 12.8 Å². The van der Waals surface area contributed by atoms with Crippen molar-refractivity contribution in [2.75, 3.05) is 14.2 Å². The van der Waals surface area contributed by atoms with E-state index >= 15 is 0 Å². The van der Waals surface area contributed by atoms with Crippen LogP contribution in [0.2, 0.25) is 0 Å². The molecule has 0 fully saturated rings. The Morgan fingerprint density at radius 3 is 2.17 bits per heavy atom. The molecule has 1 aromatic rings. The number of aliphatic carboxylic acids is 1. The summed E-state index contributed by atoms with van der Waals surface area (Å²) in [5, 5.41) is 8.69. The van der Waals surface area contributed by atoms with Crippen LogP contribution < -0.4 is 9.47 Å². The van der Waals surface area contributed by atoms with Crippen LogP contribution in [0.4, 0.5) is 0 Å². The van der Waals surface area contributed by atoms with Crippen molar-refractivity contribution in [3.63, 3.8) is 0 Å². The lowest BCUT2D eigenvalue weighted by atomic mass is 9.98. The summed E-state index contributed by atoms with van der Waals surface area (Å²) in [6.45, 7) is 2.05. The first kappa shape index (κ1) is 14.4. The zero-order valence-corrected chi connectivity index (χ0v) is 11.2. The number of benzene rings is 1. The number of hydrogen-bond acceptors (Lipinski definition) is 3. The number of rotatable bonds is 7. The minimum atomic E-state index is -0.769. The first-order chi connectivity index (χ1) is 8.63. The molecule has 0 saturated carbocycles. The predicted octanol–water partition coefficient (Wildman–Crippen LogP) is 2.67. The topological polar surface area (TPSA) is 55.8 Å². The molecule has 18 heavy (non-hydrogen) atoms. The summed E-state index contributed by atoms with van der Waals surface area (Å²) < 4.78 is 10.7. The number of carboxylic acid groups (broad SMARTS) is 1. The fourth-order valence-corrected chi connectivity index (χ4v) is 2.11. The van der Waals surface area contributed by atoms with E-state index in [0.717, 1.165) is 29.0 Å². The molecule has 0 bridgehead atoms. The molecule has 0 unspecified atom stereocenters. The molecule has 0 spiro atoms. The Hall–Kier alpha value is -1.71. The van der Waals surface area contributed by atoms with Gasteiger partial charge in [-0.15, -0.1) is 0 Å². The molecule has 0 aromatic heterocycles. The van der Waals surface area contributed by atoms with Gasteiger partial charge in [0.05, 0.1) is 14.2 Å². The zero-order chi connectivity index (χ0) is 13.5. The van der Waals surface area contributed by atoms with Crippen molar-refractivity contribution in [2.45, 2.75) is 32.6 Å². The molecule has 0 amide bonds. The summed E-state index contributed by atoms with van der Waals surface area (Å²) in [7, 11) is 3.27. The number of methoxy groups -OCH3 is 2. The average Bonchev–Trinajstić information content (AvgIpc) is 2.37. The van der Waals surface area contributed by atoms with Crippen molar-refractivity contribution in [2.24, 2.45) is 0 Å². The normalized spacial score (nSPS) is 10.2. The largest absolute Gasteiger partial charge is 0.496 e. The maximum absolute atomic E-state index is 10.6. The molecule has 4 heteroatoms. The smallest absolute Gasteiger partial charge is 0.303 e. The lowest BCUT2D eigenvalue weighted by Crippen LogP contribution is -2.03. The highest BCUT2D eigenvalue weighted by Crippen LogP contribution is 2.32. The number of carboxylic acids is 1. The van der Waals surface area contributed by atoms with E-state index in [1.165, 1.54) is 0 Å². The quantitative estimate of drug-likeness (QED) is 0.810. The van der Waals surface area contributed by atoms with E-state index in [1.54, 1.807) is 14.2 Å². The van der Waals surface area contributed by atoms with Gasteiger partial charge >= 0.3 is 5.97 Å². The summed E-state index contributed by atoms with van der Waals surface area (Å²) in [6, 6.07) is 3.76. The minimum absolute atomic E-state index is 0.170. The van der Waals surface area contributed by atoms with Crippen LogP contribution in [0.5, 0.6) is 11.5 Å². The summed E-state index contributed by atoms with van der Waals surface area (Å²) >= 11 is 0. The summed E-state index contributed by atoms with van der Waals surface area (Å²) in [5.74, 6) is 0.872. The monoisotopic (exact) mass is 252 g/mol. The minimum Gasteiger partial charge on any atom is -0.496 e. The second kappa shape index (κ2) is 6.89. The molecule has 100 valence electrons. The van der Waals surface area contributed by atoms with E-state index in [2.05, 4.69) is 6.92 Å². The summed E-state index contributed by atoms with van der Waals surface area (Å²) in [6.07, 6.45) is 2.30. The molecule has 0 atom stereocenters. The van der Waals surface area contributed by atoms with Gasteiger partial charge in [0.1, 0.15) is 11.5 Å². The molecular weight excluding hydrogens is 232 g/mol. The van der Waals surface area contributed by atoms with Gasteiger partial charge < -0.3 is 14.6 Å². The highest BCUT2D eigenvalue weighted by atomic mass is 16.5. The van der Waals surface area contributed by atoms with Gasteiger partial charge in [0, 0.05) is 17.5 Å². The van der Waals surface area contributed by atoms with E-state index in [-0.39, 0.29) is 6.42 Å². The van der Waals surface area contributed by atoms with Gasteiger partial charge in [-0.1, -0.05) is 6.92 Å². The Bertz CT molecular complexity index is 413. The van der Waals surface area contributed by atoms with Crippen LogP contribution in [0.15, 0.2) is 12.1 Å². The van der Waals surface area contributed by atoms with E-state index in [1.807, 2.05) is 12.1 Å². The second-order valence-electron chi connectivity index (χ2n) is 4.03. The Balaban J connectivity index is 3.00. The van der Waals surface area contributed by atoms with Crippen molar-refractivity contribution in [1.29, 1.82) is 0 Å². The van der Waals surface area contributed by atoms with Gasteiger partial charge in [-0.3, -0.25) is 4.79 Å². The number of ether oxygens (including phenoxy) is 2. The van der Waals surface area contributed by atoms with E-state index < -0.39 is 5.97 Å². The lowest BCUT2D eigenvalue weighted by Gasteiger charge is -2.16. The maximum Gasteiger partial charge on any atom is 0.303 e. The van der Waals surface area contributed by atoms with Crippen molar-refractivity contribution < 1.29 is 19.4 Å². The number of carbonyl (C=O) groups is 1. The highest BCUT2D eigenvalue weighted by molar-refractivity contribution is 5.66. The predicted molar refractivity (Wildman–Crippen MR) is 69.5 cm³/mol. The van der Waals surface area contributed by atoms with Crippen molar-refractivity contribution >= 4 is 5.97 Å². The Morgan fingerprint density at radius 1 is 1.17 bits per heavy atom. The molecule has 0 radical (unpaired) electrons. The third-order valence-corrected chi connectivity index (χ3v) is 2.96. The number of hydrogen-bond donors (Lipinski definition) is 1. The fourth-order valence-electron chi connectivity index (χ4n) is 2.11. The third kappa shape index (κ3) is 3.39. The van der Waals surface area contributed by atoms with Crippen LogP contribution in [-0.2, 0) is 17.6 Å². The van der Waals surface area contributed by atoms with Crippen molar-refractivity contribution in [1.82, 2.24) is 0 Å². The third-order valence-electron chi connectivity index (χ3n) is 2.96. The van der Waals surface area contributed by atoms with Gasteiger partial charge in [0.15, 0.2) is 0 Å². The van der Waals surface area contributed by atoms with Crippen molar-refractivity contribution in [3.05, 3.63) is 23.3 Å². The Morgan fingerprint density at radius 2 is 1.72 bits per heavy atom. The van der Waals surface area contributed by atoms with Gasteiger partial charge in [0.2, 0.25) is 0 Å². The molecule has 0 aliphatic heterocycles. The van der Waals surface area contributed by atoms with Crippen molar-refractivity contribution in [3.8, 4) is 11.5 Å². The highest BCUT2D eigenvalue weighted by Gasteiger charge is 2.13. The Labute approximate surface area is 108 Å². The first-order valence-electron chi connectivity index (χ1n) is 6.08. The summed E-state index contributed by atoms with van der Waals surface area (Å²) in [5.41, 5.74) is 2.16. The van der Waals surface area contributed by atoms with Crippen LogP contribution in [0, 0.1) is 0 Å². The van der Waals surface area contributed by atoms with Gasteiger partial charge in [-0.2, -0.15) is 0 Å². The molecule has 4 nitrogen and oxygen atoms in total. The van der Waals surface area contributed by atoms with Crippen LogP contribution in [-0.4, -0.2) is 25.3 Å². The molecular formula is C14H20O4. The van der Waals surface area contributed by atoms with E-state index in [9.17, 15) is 4.79 Å². The van der Waals surface area contributed by atoms with Crippen LogP contribution in [0.3, 0.4) is 0 Å².